The molecule has 1 aliphatic heterocycles. The fourth-order valence-corrected chi connectivity index (χ4v) is 5.19. The molecule has 4 aromatic rings. The Balaban J connectivity index is 1.21. The summed E-state index contributed by atoms with van der Waals surface area (Å²) >= 11 is 0. The van der Waals surface area contributed by atoms with E-state index in [9.17, 15) is 8.42 Å². The van der Waals surface area contributed by atoms with Crippen molar-refractivity contribution in [1.82, 2.24) is 38.9 Å². The molecule has 0 N–H and O–H groups in total. The van der Waals surface area contributed by atoms with Crippen LogP contribution in [-0.2, 0) is 23.0 Å². The largest absolute Gasteiger partial charge is 0.272 e. The van der Waals surface area contributed by atoms with Gasteiger partial charge < -0.3 is 0 Å². The number of hydrogen-bond donors (Lipinski definition) is 0. The van der Waals surface area contributed by atoms with Gasteiger partial charge in [-0.2, -0.15) is 14.7 Å². The van der Waals surface area contributed by atoms with E-state index in [-0.39, 0.29) is 5.92 Å². The molecule has 0 spiro atoms. The van der Waals surface area contributed by atoms with Crippen LogP contribution in [0.25, 0.3) is 28.9 Å². The van der Waals surface area contributed by atoms with E-state index in [1.807, 2.05) is 48.4 Å². The average Bonchev–Trinajstić information content (AvgIpc) is 3.45. The number of sulfonamides is 1. The molecule has 186 valence electrons. The predicted octanol–water partition coefficient (Wildman–Crippen LogP) is 2.87. The zero-order valence-electron chi connectivity index (χ0n) is 20.3. The van der Waals surface area contributed by atoms with E-state index in [1.54, 1.807) is 10.6 Å². The van der Waals surface area contributed by atoms with E-state index in [1.165, 1.54) is 10.6 Å². The quantitative estimate of drug-likeness (QED) is 0.345. The zero-order valence-corrected chi connectivity index (χ0v) is 21.1. The normalized spacial score (nSPS) is 15.1. The monoisotopic (exact) mass is 504 g/mol. The number of hydrogen-bond acceptors (Lipinski definition) is 7. The third-order valence-corrected chi connectivity index (χ3v) is 7.48. The van der Waals surface area contributed by atoms with Crippen LogP contribution < -0.4 is 0 Å². The van der Waals surface area contributed by atoms with E-state index >= 15 is 0 Å². The smallest absolute Gasteiger partial charge is 0.211 e. The second-order valence-electron chi connectivity index (χ2n) is 9.10. The first-order chi connectivity index (χ1) is 17.3. The molecule has 0 aromatic carbocycles. The molecule has 0 amide bonds. The molecule has 0 unspecified atom stereocenters. The van der Waals surface area contributed by atoms with Crippen LogP contribution in [0.4, 0.5) is 0 Å². The molecule has 36 heavy (non-hydrogen) atoms. The third-order valence-electron chi connectivity index (χ3n) is 6.24. The van der Waals surface area contributed by atoms with Crippen LogP contribution in [0, 0.1) is 12.8 Å². The SMILES string of the molecule is C=Cc1cc(-c2cnn(CC3CN(S(C)(=O)=O)C3)c2)cnc1/C=C\CCc1nnc2ccc(C)nn12. The van der Waals surface area contributed by atoms with Gasteiger partial charge >= 0.3 is 0 Å². The van der Waals surface area contributed by atoms with Gasteiger partial charge in [0.25, 0.3) is 0 Å². The fraction of sp³-hybridized carbons (Fsp3) is 0.320. The van der Waals surface area contributed by atoms with Crippen molar-refractivity contribution in [2.75, 3.05) is 19.3 Å². The van der Waals surface area contributed by atoms with Crippen LogP contribution in [0.2, 0.25) is 0 Å². The number of nitrogens with zero attached hydrogens (tertiary/aromatic N) is 8. The second kappa shape index (κ2) is 9.75. The maximum absolute atomic E-state index is 11.6. The highest BCUT2D eigenvalue weighted by Crippen LogP contribution is 2.24. The minimum Gasteiger partial charge on any atom is -0.272 e. The van der Waals surface area contributed by atoms with Crippen LogP contribution in [0.5, 0.6) is 0 Å². The summed E-state index contributed by atoms with van der Waals surface area (Å²) in [5, 5.41) is 17.4. The molecule has 10 nitrogen and oxygen atoms in total. The minimum absolute atomic E-state index is 0.275. The number of aryl methyl sites for hydroxylation is 2. The molecule has 4 aromatic heterocycles. The van der Waals surface area contributed by atoms with Crippen molar-refractivity contribution < 1.29 is 8.42 Å². The van der Waals surface area contributed by atoms with Crippen molar-refractivity contribution in [3.63, 3.8) is 0 Å². The lowest BCUT2D eigenvalue weighted by Crippen LogP contribution is -2.50. The third kappa shape index (κ3) is 5.12. The van der Waals surface area contributed by atoms with Gasteiger partial charge in [0, 0.05) is 61.1 Å². The van der Waals surface area contributed by atoms with Crippen molar-refractivity contribution in [2.24, 2.45) is 5.92 Å². The number of rotatable bonds is 9. The molecule has 0 bridgehead atoms. The highest BCUT2D eigenvalue weighted by Gasteiger charge is 2.33. The molecule has 5 rings (SSSR count). The molecule has 1 saturated heterocycles. The molecule has 1 aliphatic rings. The Kier molecular flexibility index (Phi) is 6.50. The molecule has 11 heteroatoms. The van der Waals surface area contributed by atoms with Crippen molar-refractivity contribution in [2.45, 2.75) is 26.3 Å². The first kappa shape index (κ1) is 24.0. The average molecular weight is 505 g/mol. The summed E-state index contributed by atoms with van der Waals surface area (Å²) in [5.74, 6) is 1.10. The Bertz CT molecular complexity index is 1550. The molecule has 5 heterocycles. The maximum Gasteiger partial charge on any atom is 0.211 e. The Morgan fingerprint density at radius 3 is 2.78 bits per heavy atom. The van der Waals surface area contributed by atoms with E-state index in [0.29, 0.717) is 19.6 Å². The van der Waals surface area contributed by atoms with Crippen molar-refractivity contribution >= 4 is 27.8 Å². The van der Waals surface area contributed by atoms with Crippen LogP contribution in [0.15, 0.2) is 49.4 Å². The predicted molar refractivity (Wildman–Crippen MR) is 138 cm³/mol. The summed E-state index contributed by atoms with van der Waals surface area (Å²) < 4.78 is 28.3. The lowest BCUT2D eigenvalue weighted by atomic mass is 10.0. The molecule has 0 aliphatic carbocycles. The lowest BCUT2D eigenvalue weighted by Gasteiger charge is -2.36. The first-order valence-corrected chi connectivity index (χ1v) is 13.6. The molecule has 0 saturated carbocycles. The van der Waals surface area contributed by atoms with Gasteiger partial charge in [0.2, 0.25) is 10.0 Å². The van der Waals surface area contributed by atoms with Gasteiger partial charge in [-0.05, 0) is 37.6 Å². The van der Waals surface area contributed by atoms with E-state index in [2.05, 4.69) is 44.1 Å². The van der Waals surface area contributed by atoms with Crippen molar-refractivity contribution in [3.05, 3.63) is 72.2 Å². The van der Waals surface area contributed by atoms with E-state index in [4.69, 9.17) is 0 Å². The molecule has 0 atom stereocenters. The maximum atomic E-state index is 11.6. The van der Waals surface area contributed by atoms with Gasteiger partial charge in [-0.3, -0.25) is 9.67 Å². The van der Waals surface area contributed by atoms with Crippen molar-refractivity contribution in [1.29, 1.82) is 0 Å². The van der Waals surface area contributed by atoms with Crippen LogP contribution in [0.3, 0.4) is 0 Å². The van der Waals surface area contributed by atoms with E-state index in [0.717, 1.165) is 52.4 Å². The van der Waals surface area contributed by atoms with Gasteiger partial charge in [-0.1, -0.05) is 18.7 Å². The number of aromatic nitrogens is 7. The van der Waals surface area contributed by atoms with Crippen LogP contribution in [0.1, 0.15) is 29.2 Å². The fourth-order valence-electron chi connectivity index (χ4n) is 4.23. The topological polar surface area (TPSA) is 111 Å². The Morgan fingerprint density at radius 1 is 1.17 bits per heavy atom. The van der Waals surface area contributed by atoms with Gasteiger partial charge in [0.05, 0.1) is 23.8 Å². The Labute approximate surface area is 210 Å². The van der Waals surface area contributed by atoms with Crippen LogP contribution >= 0.6 is 0 Å². The van der Waals surface area contributed by atoms with Gasteiger partial charge in [-0.15, -0.1) is 10.2 Å². The molecule has 0 radical (unpaired) electrons. The summed E-state index contributed by atoms with van der Waals surface area (Å²) in [6.07, 6.45) is 14.2. The standard InChI is InChI=1S/C25H28N8O2S/c1-4-20-11-21(22-13-27-31(17-22)14-19-15-32(16-19)36(3,34)35)12-26-23(20)7-5-6-8-24-28-29-25-10-9-18(2)30-33(24)25/h4-5,7,9-13,17,19H,1,6,8,14-16H2,2-3H3/b7-5-. The van der Waals surface area contributed by atoms with E-state index < -0.39 is 10.0 Å². The number of fused-ring (bicyclic) bond motifs is 1. The first-order valence-electron chi connectivity index (χ1n) is 11.7. The van der Waals surface area contributed by atoms with Gasteiger partial charge in [0.15, 0.2) is 11.5 Å². The summed E-state index contributed by atoms with van der Waals surface area (Å²) in [7, 11) is -3.10. The molecule has 1 fully saturated rings. The highest BCUT2D eigenvalue weighted by atomic mass is 32.2. The Morgan fingerprint density at radius 2 is 2.00 bits per heavy atom. The molecular weight excluding hydrogens is 476 g/mol. The highest BCUT2D eigenvalue weighted by molar-refractivity contribution is 7.88. The second-order valence-corrected chi connectivity index (χ2v) is 11.1. The zero-order chi connectivity index (χ0) is 25.3. The summed E-state index contributed by atoms with van der Waals surface area (Å²) in [6, 6.07) is 5.89. The number of pyridine rings is 1. The summed E-state index contributed by atoms with van der Waals surface area (Å²) in [5.41, 5.74) is 5.36. The Hall–Kier alpha value is -3.70. The van der Waals surface area contributed by atoms with Crippen molar-refractivity contribution in [3.8, 4) is 11.1 Å². The van der Waals surface area contributed by atoms with Gasteiger partial charge in [-0.25, -0.2) is 12.7 Å². The van der Waals surface area contributed by atoms with Crippen LogP contribution in [-0.4, -0.2) is 66.6 Å². The summed E-state index contributed by atoms with van der Waals surface area (Å²) in [4.78, 5) is 4.64. The van der Waals surface area contributed by atoms with Gasteiger partial charge in [0.1, 0.15) is 0 Å². The minimum atomic E-state index is -3.10. The molecular formula is C25H28N8O2S. The number of allylic oxidation sites excluding steroid dienone is 1. The lowest BCUT2D eigenvalue weighted by molar-refractivity contribution is 0.176. The summed E-state index contributed by atoms with van der Waals surface area (Å²) in [6.45, 7) is 7.67.